The number of amides is 1. The molecular formula is C10H14N2O2. The number of nitrogens with zero attached hydrogens (tertiary/aromatic N) is 1. The molecule has 0 saturated carbocycles. The van der Waals surface area contributed by atoms with Crippen molar-refractivity contribution in [3.05, 3.63) is 24.2 Å². The van der Waals surface area contributed by atoms with Crippen molar-refractivity contribution >= 4 is 11.6 Å². The fourth-order valence-corrected chi connectivity index (χ4v) is 0.731. The molecule has 0 aromatic carbocycles. The van der Waals surface area contributed by atoms with Gasteiger partial charge in [-0.1, -0.05) is 13.8 Å². The quantitative estimate of drug-likeness (QED) is 0.591. The first-order chi connectivity index (χ1) is 6.61. The van der Waals surface area contributed by atoms with Gasteiger partial charge in [0, 0.05) is 5.71 Å². The van der Waals surface area contributed by atoms with Gasteiger partial charge in [0.15, 0.2) is 5.76 Å². The first kappa shape index (κ1) is 10.5. The van der Waals surface area contributed by atoms with Crippen LogP contribution in [0.25, 0.3) is 0 Å². The molecule has 0 bridgehead atoms. The highest BCUT2D eigenvalue weighted by molar-refractivity contribution is 5.93. The summed E-state index contributed by atoms with van der Waals surface area (Å²) in [4.78, 5) is 11.3. The van der Waals surface area contributed by atoms with Crippen molar-refractivity contribution in [2.24, 2.45) is 11.0 Å². The monoisotopic (exact) mass is 194 g/mol. The van der Waals surface area contributed by atoms with Gasteiger partial charge in [-0.2, -0.15) is 5.10 Å². The van der Waals surface area contributed by atoms with Gasteiger partial charge in [0.05, 0.1) is 6.26 Å². The molecule has 0 aliphatic rings. The minimum absolute atomic E-state index is 0.269. The lowest BCUT2D eigenvalue weighted by molar-refractivity contribution is 0.0927. The van der Waals surface area contributed by atoms with Crippen molar-refractivity contribution in [2.75, 3.05) is 0 Å². The molecule has 1 heterocycles. The lowest BCUT2D eigenvalue weighted by Crippen LogP contribution is -2.19. The lowest BCUT2D eigenvalue weighted by atomic mass is 10.1. The zero-order valence-electron chi connectivity index (χ0n) is 8.57. The molecule has 1 aromatic rings. The van der Waals surface area contributed by atoms with Crippen LogP contribution in [0.4, 0.5) is 0 Å². The molecular weight excluding hydrogens is 180 g/mol. The van der Waals surface area contributed by atoms with Crippen molar-refractivity contribution in [2.45, 2.75) is 20.8 Å². The average molecular weight is 194 g/mol. The third-order valence-electron chi connectivity index (χ3n) is 1.91. The minimum atomic E-state index is -0.324. The van der Waals surface area contributed by atoms with Crippen molar-refractivity contribution in [1.29, 1.82) is 0 Å². The smallest absolute Gasteiger partial charge is 0.307 e. The standard InChI is InChI=1S/C10H14N2O2/c1-7(2)8(3)11-12-10(13)9-5-4-6-14-9/h4-7H,1-3H3,(H,12,13). The van der Waals surface area contributed by atoms with Crippen molar-refractivity contribution in [3.8, 4) is 0 Å². The Hall–Kier alpha value is -1.58. The molecule has 0 aliphatic carbocycles. The van der Waals surface area contributed by atoms with E-state index < -0.39 is 0 Å². The van der Waals surface area contributed by atoms with E-state index in [4.69, 9.17) is 4.42 Å². The van der Waals surface area contributed by atoms with E-state index in [1.807, 2.05) is 20.8 Å². The van der Waals surface area contributed by atoms with Gasteiger partial charge < -0.3 is 4.42 Å². The molecule has 14 heavy (non-hydrogen) atoms. The summed E-state index contributed by atoms with van der Waals surface area (Å²) in [6, 6.07) is 3.25. The zero-order chi connectivity index (χ0) is 10.6. The molecule has 0 atom stereocenters. The number of rotatable bonds is 3. The highest BCUT2D eigenvalue weighted by atomic mass is 16.3. The first-order valence-corrected chi connectivity index (χ1v) is 4.49. The summed E-state index contributed by atoms with van der Waals surface area (Å²) < 4.78 is 4.91. The number of nitrogens with one attached hydrogen (secondary N) is 1. The number of carbonyl (C=O) groups excluding carboxylic acids is 1. The summed E-state index contributed by atoms with van der Waals surface area (Å²) in [5, 5.41) is 3.94. The molecule has 1 aromatic heterocycles. The summed E-state index contributed by atoms with van der Waals surface area (Å²) >= 11 is 0. The van der Waals surface area contributed by atoms with E-state index in [0.717, 1.165) is 5.71 Å². The van der Waals surface area contributed by atoms with Gasteiger partial charge in [-0.25, -0.2) is 5.43 Å². The fourth-order valence-electron chi connectivity index (χ4n) is 0.731. The fraction of sp³-hybridized carbons (Fsp3) is 0.400. The predicted molar refractivity (Wildman–Crippen MR) is 54.1 cm³/mol. The van der Waals surface area contributed by atoms with Crippen LogP contribution in [-0.4, -0.2) is 11.6 Å². The van der Waals surface area contributed by atoms with Crippen LogP contribution in [0.15, 0.2) is 27.9 Å². The second-order valence-electron chi connectivity index (χ2n) is 3.33. The molecule has 0 spiro atoms. The normalized spacial score (nSPS) is 11.9. The van der Waals surface area contributed by atoms with E-state index in [-0.39, 0.29) is 11.7 Å². The first-order valence-electron chi connectivity index (χ1n) is 4.49. The van der Waals surface area contributed by atoms with Gasteiger partial charge >= 0.3 is 5.91 Å². The van der Waals surface area contributed by atoms with Crippen LogP contribution in [0.1, 0.15) is 31.3 Å². The summed E-state index contributed by atoms with van der Waals surface area (Å²) in [6.07, 6.45) is 1.45. The SMILES string of the molecule is CC(=NNC(=O)c1ccco1)C(C)C. The predicted octanol–water partition coefficient (Wildman–Crippen LogP) is 2.04. The Kier molecular flexibility index (Phi) is 3.45. The van der Waals surface area contributed by atoms with Crippen LogP contribution in [0.3, 0.4) is 0 Å². The van der Waals surface area contributed by atoms with Crippen LogP contribution in [0, 0.1) is 5.92 Å². The van der Waals surface area contributed by atoms with E-state index >= 15 is 0 Å². The van der Waals surface area contributed by atoms with Gasteiger partial charge in [0.25, 0.3) is 0 Å². The van der Waals surface area contributed by atoms with Crippen LogP contribution in [0.5, 0.6) is 0 Å². The molecule has 0 saturated heterocycles. The molecule has 0 unspecified atom stereocenters. The van der Waals surface area contributed by atoms with Crippen LogP contribution in [0.2, 0.25) is 0 Å². The summed E-state index contributed by atoms with van der Waals surface area (Å²) in [6.45, 7) is 5.89. The molecule has 0 fully saturated rings. The molecule has 1 N–H and O–H groups in total. The van der Waals surface area contributed by atoms with E-state index in [2.05, 4.69) is 10.5 Å². The Morgan fingerprint density at radius 3 is 2.79 bits per heavy atom. The Morgan fingerprint density at radius 1 is 1.57 bits per heavy atom. The highest BCUT2D eigenvalue weighted by Gasteiger charge is 2.07. The van der Waals surface area contributed by atoms with E-state index in [9.17, 15) is 4.79 Å². The molecule has 4 heteroatoms. The topological polar surface area (TPSA) is 54.6 Å². The van der Waals surface area contributed by atoms with Crippen LogP contribution >= 0.6 is 0 Å². The number of carbonyl (C=O) groups is 1. The Bertz CT molecular complexity index is 326. The van der Waals surface area contributed by atoms with Gasteiger partial charge in [-0.3, -0.25) is 4.79 Å². The third kappa shape index (κ3) is 2.73. The number of hydrazone groups is 1. The van der Waals surface area contributed by atoms with Crippen molar-refractivity contribution in [3.63, 3.8) is 0 Å². The minimum Gasteiger partial charge on any atom is -0.459 e. The maximum atomic E-state index is 11.3. The van der Waals surface area contributed by atoms with Crippen LogP contribution in [-0.2, 0) is 0 Å². The lowest BCUT2D eigenvalue weighted by Gasteiger charge is -2.03. The Labute approximate surface area is 83.0 Å². The van der Waals surface area contributed by atoms with Crippen LogP contribution < -0.4 is 5.43 Å². The number of hydrogen-bond acceptors (Lipinski definition) is 3. The zero-order valence-corrected chi connectivity index (χ0v) is 8.57. The second-order valence-corrected chi connectivity index (χ2v) is 3.33. The highest BCUT2D eigenvalue weighted by Crippen LogP contribution is 2.00. The molecule has 0 aliphatic heterocycles. The summed E-state index contributed by atoms with van der Waals surface area (Å²) in [5.41, 5.74) is 3.30. The number of hydrogen-bond donors (Lipinski definition) is 1. The molecule has 76 valence electrons. The van der Waals surface area contributed by atoms with Gasteiger partial charge in [0.1, 0.15) is 0 Å². The van der Waals surface area contributed by atoms with E-state index in [1.54, 1.807) is 12.1 Å². The second kappa shape index (κ2) is 4.60. The van der Waals surface area contributed by atoms with Crippen molar-refractivity contribution in [1.82, 2.24) is 5.43 Å². The third-order valence-corrected chi connectivity index (χ3v) is 1.91. The average Bonchev–Trinajstić information content (AvgIpc) is 2.66. The maximum Gasteiger partial charge on any atom is 0.307 e. The van der Waals surface area contributed by atoms with E-state index in [0.29, 0.717) is 5.92 Å². The largest absolute Gasteiger partial charge is 0.459 e. The van der Waals surface area contributed by atoms with Gasteiger partial charge in [-0.05, 0) is 25.0 Å². The van der Waals surface area contributed by atoms with E-state index in [1.165, 1.54) is 6.26 Å². The molecule has 4 nitrogen and oxygen atoms in total. The summed E-state index contributed by atoms with van der Waals surface area (Å²) in [5.74, 6) is 0.271. The molecule has 0 radical (unpaired) electrons. The van der Waals surface area contributed by atoms with Gasteiger partial charge in [0.2, 0.25) is 0 Å². The number of furan rings is 1. The molecule has 1 rings (SSSR count). The summed E-state index contributed by atoms with van der Waals surface area (Å²) in [7, 11) is 0. The Morgan fingerprint density at radius 2 is 2.29 bits per heavy atom. The molecule has 1 amide bonds. The van der Waals surface area contributed by atoms with Gasteiger partial charge in [-0.15, -0.1) is 0 Å². The Balaban J connectivity index is 2.55. The van der Waals surface area contributed by atoms with Crippen molar-refractivity contribution < 1.29 is 9.21 Å². The maximum absolute atomic E-state index is 11.3.